The molecule has 1 aliphatic rings. The van der Waals surface area contributed by atoms with E-state index in [9.17, 15) is 0 Å². The van der Waals surface area contributed by atoms with Gasteiger partial charge in [0.1, 0.15) is 8.24 Å². The molecule has 37 heavy (non-hydrogen) atoms. The van der Waals surface area contributed by atoms with Gasteiger partial charge in [-0.1, -0.05) is 111 Å². The molecule has 1 aliphatic heterocycles. The molecule has 0 aromatic heterocycles. The highest BCUT2D eigenvalue weighted by Crippen LogP contribution is 2.43. The number of rotatable bonds is 9. The predicted octanol–water partition coefficient (Wildman–Crippen LogP) is 7.00. The zero-order chi connectivity index (χ0) is 27.8. The van der Waals surface area contributed by atoms with Gasteiger partial charge in [-0.2, -0.15) is 0 Å². The number of para-hydroxylation sites is 2. The maximum atomic E-state index is 6.73. The molecule has 0 aliphatic carbocycles. The Hall–Kier alpha value is -1.84. The van der Waals surface area contributed by atoms with Crippen LogP contribution >= 0.6 is 0 Å². The molecule has 0 atom stereocenters. The van der Waals surface area contributed by atoms with E-state index in [2.05, 4.69) is 138 Å². The molecule has 0 fully saturated rings. The highest BCUT2D eigenvalue weighted by Gasteiger charge is 2.49. The monoisotopic (exact) mass is 534 g/mol. The summed E-state index contributed by atoms with van der Waals surface area (Å²) in [5.74, 6) is 1.58. The smallest absolute Gasteiger partial charge is 0.356 e. The zero-order valence-corrected chi connectivity index (χ0v) is 27.0. The third-order valence-corrected chi connectivity index (χ3v) is 12.6. The van der Waals surface area contributed by atoms with Crippen LogP contribution in [0.3, 0.4) is 0 Å². The van der Waals surface area contributed by atoms with Crippen LogP contribution < -0.4 is 20.4 Å². The minimum Gasteiger partial charge on any atom is -0.356 e. The van der Waals surface area contributed by atoms with Crippen molar-refractivity contribution in [1.82, 2.24) is 4.14 Å². The van der Waals surface area contributed by atoms with E-state index >= 15 is 0 Å². The second-order valence-corrected chi connectivity index (χ2v) is 19.2. The van der Waals surface area contributed by atoms with E-state index in [4.69, 9.17) is 10.8 Å². The summed E-state index contributed by atoms with van der Waals surface area (Å²) in [7, 11) is -3.79. The minimum absolute atomic E-state index is 0.106. The zero-order valence-electron chi connectivity index (χ0n) is 25.0. The Morgan fingerprint density at radius 3 is 1.16 bits per heavy atom. The van der Waals surface area contributed by atoms with Crippen molar-refractivity contribution in [2.24, 2.45) is 10.8 Å². The van der Waals surface area contributed by atoms with Crippen molar-refractivity contribution in [3.05, 3.63) is 71.1 Å². The van der Waals surface area contributed by atoms with Crippen LogP contribution in [0.1, 0.15) is 101 Å². The van der Waals surface area contributed by atoms with Crippen molar-refractivity contribution in [1.29, 1.82) is 0 Å². The number of anilines is 2. The van der Waals surface area contributed by atoms with Gasteiger partial charge in [0, 0.05) is 23.8 Å². The number of benzene rings is 2. The molecular formula is C29H49BN5Si2. The van der Waals surface area contributed by atoms with Gasteiger partial charge in [0.2, 0.25) is 0 Å². The fourth-order valence-electron chi connectivity index (χ4n) is 5.55. The van der Waals surface area contributed by atoms with Gasteiger partial charge < -0.3 is 24.6 Å². The molecule has 2 aromatic rings. The average molecular weight is 535 g/mol. The molecule has 4 N–H and O–H groups in total. The number of nitrogens with zero attached hydrogens (tertiary/aromatic N) is 3. The highest BCUT2D eigenvalue weighted by atomic mass is 28.4. The number of hydrogen-bond donors (Lipinski definition) is 2. The first-order valence-corrected chi connectivity index (χ1v) is 18.9. The summed E-state index contributed by atoms with van der Waals surface area (Å²) in [6.45, 7) is 25.4. The summed E-state index contributed by atoms with van der Waals surface area (Å²) in [6, 6.07) is 13.6. The second kappa shape index (κ2) is 11.5. The fourth-order valence-corrected chi connectivity index (χ4v) is 10.1. The maximum absolute atomic E-state index is 6.73. The summed E-state index contributed by atoms with van der Waals surface area (Å²) >= 11 is 0. The van der Waals surface area contributed by atoms with Crippen molar-refractivity contribution in [2.75, 3.05) is 9.62 Å². The van der Waals surface area contributed by atoms with E-state index < -0.39 is 17.5 Å². The van der Waals surface area contributed by atoms with E-state index in [1.54, 1.807) is 0 Å². The molecule has 0 saturated carbocycles. The summed E-state index contributed by atoms with van der Waals surface area (Å²) in [5.41, 5.74) is 8.06. The van der Waals surface area contributed by atoms with Gasteiger partial charge in [-0.3, -0.25) is 0 Å². The van der Waals surface area contributed by atoms with Crippen LogP contribution in [0.4, 0.5) is 11.4 Å². The normalized spacial score (nSPS) is 14.7. The van der Waals surface area contributed by atoms with Crippen molar-refractivity contribution in [3.63, 3.8) is 0 Å². The first-order chi connectivity index (χ1) is 17.2. The lowest BCUT2D eigenvalue weighted by atomic mass is 9.82. The first-order valence-electron chi connectivity index (χ1n) is 13.9. The molecule has 0 unspecified atom stereocenters. The Balaban J connectivity index is 2.38. The average Bonchev–Trinajstić information content (AvgIpc) is 3.19. The lowest BCUT2D eigenvalue weighted by Gasteiger charge is -2.46. The summed E-state index contributed by atoms with van der Waals surface area (Å²) < 4.78 is 2.49. The van der Waals surface area contributed by atoms with E-state index in [-0.39, 0.29) is 7.12 Å². The topological polar surface area (TPSA) is 61.8 Å². The third-order valence-electron chi connectivity index (χ3n) is 7.32. The standard InChI is InChI=1S/C29H49BN5Si2/c1-20(2)24-14-12-15-25(21(3)4)28(24)33-18-19-34(30(33)35(36(31)32)37(9,10)11)29-26(22(5)6)16-13-17-27(29)23(7)8/h12-23H,31-32H2,1-11H3. The summed E-state index contributed by atoms with van der Waals surface area (Å²) in [6.07, 6.45) is 4.55. The van der Waals surface area contributed by atoms with Crippen LogP contribution in [0.15, 0.2) is 48.8 Å². The van der Waals surface area contributed by atoms with Crippen LogP contribution in [0.5, 0.6) is 0 Å². The van der Waals surface area contributed by atoms with Crippen LogP contribution in [-0.2, 0) is 0 Å². The Kier molecular flexibility index (Phi) is 9.23. The van der Waals surface area contributed by atoms with Crippen LogP contribution in [0, 0.1) is 0 Å². The van der Waals surface area contributed by atoms with Gasteiger partial charge >= 0.3 is 16.4 Å². The second-order valence-electron chi connectivity index (χ2n) is 12.6. The summed E-state index contributed by atoms with van der Waals surface area (Å²) in [5, 5.41) is 13.5. The number of hydrogen-bond acceptors (Lipinski definition) is 5. The Labute approximate surface area is 230 Å². The van der Waals surface area contributed by atoms with Crippen molar-refractivity contribution < 1.29 is 0 Å². The largest absolute Gasteiger partial charge is 0.467 e. The van der Waals surface area contributed by atoms with E-state index in [0.29, 0.717) is 23.7 Å². The molecule has 0 amide bonds. The van der Waals surface area contributed by atoms with Gasteiger partial charge in [-0.05, 0) is 45.9 Å². The van der Waals surface area contributed by atoms with E-state index in [1.807, 2.05) is 0 Å². The third kappa shape index (κ3) is 5.93. The van der Waals surface area contributed by atoms with Gasteiger partial charge in [0.25, 0.3) is 0 Å². The van der Waals surface area contributed by atoms with E-state index in [0.717, 1.165) is 0 Å². The van der Waals surface area contributed by atoms with Gasteiger partial charge in [-0.25, -0.2) is 0 Å². The van der Waals surface area contributed by atoms with Crippen LogP contribution in [-0.4, -0.2) is 28.8 Å². The quantitative estimate of drug-likeness (QED) is 0.339. The lowest BCUT2D eigenvalue weighted by molar-refractivity contribution is 0.822. The number of nitrogens with two attached hydrogens (primary N) is 2. The fraction of sp³-hybridized carbons (Fsp3) is 0.517. The molecule has 8 heteroatoms. The maximum Gasteiger partial charge on any atom is 0.467 e. The molecule has 201 valence electrons. The molecular weight excluding hydrogens is 485 g/mol. The molecule has 1 radical (unpaired) electrons. The Morgan fingerprint density at radius 1 is 0.649 bits per heavy atom. The van der Waals surface area contributed by atoms with Crippen LogP contribution in [0.25, 0.3) is 0 Å². The molecule has 0 bridgehead atoms. The predicted molar refractivity (Wildman–Crippen MR) is 168 cm³/mol. The summed E-state index contributed by atoms with van der Waals surface area (Å²) in [4.78, 5) is 4.96. The molecule has 1 heterocycles. The first kappa shape index (κ1) is 29.7. The molecule has 0 spiro atoms. The van der Waals surface area contributed by atoms with Gasteiger partial charge in [0.15, 0.2) is 0 Å². The van der Waals surface area contributed by atoms with Crippen molar-refractivity contribution in [3.8, 4) is 0 Å². The Morgan fingerprint density at radius 2 is 0.946 bits per heavy atom. The molecule has 3 rings (SSSR count). The van der Waals surface area contributed by atoms with Crippen molar-refractivity contribution in [2.45, 2.75) is 98.7 Å². The van der Waals surface area contributed by atoms with Gasteiger partial charge in [-0.15, -0.1) is 0 Å². The molecule has 0 saturated heterocycles. The van der Waals surface area contributed by atoms with Crippen molar-refractivity contribution >= 4 is 36.0 Å². The molecule has 2 aromatic carbocycles. The minimum atomic E-state index is -1.94. The van der Waals surface area contributed by atoms with Crippen LogP contribution in [0.2, 0.25) is 19.6 Å². The van der Waals surface area contributed by atoms with Gasteiger partial charge in [0.05, 0.1) is 0 Å². The van der Waals surface area contributed by atoms with E-state index in [1.165, 1.54) is 33.6 Å². The molecule has 5 nitrogen and oxygen atoms in total. The lowest BCUT2D eigenvalue weighted by Crippen LogP contribution is -2.75. The SMILES string of the molecule is CC(C)c1cccc(C(C)C)c1N1C=CN(c2c(C(C)C)cccc2C(C)C)B1N([Si](N)N)[Si](C)(C)C. The highest BCUT2D eigenvalue weighted by molar-refractivity contribution is 6.95. The Bertz CT molecular complexity index is 982.